The molecule has 0 heterocycles. The number of carbonyl (C=O) groups excluding carboxylic acids is 2. The van der Waals surface area contributed by atoms with Gasteiger partial charge in [0.25, 0.3) is 5.91 Å². The number of rotatable bonds is 7. The lowest BCUT2D eigenvalue weighted by molar-refractivity contribution is -0.129. The minimum atomic E-state index is -0.412. The molecule has 24 heavy (non-hydrogen) atoms. The van der Waals surface area contributed by atoms with E-state index in [4.69, 9.17) is 4.74 Å². The summed E-state index contributed by atoms with van der Waals surface area (Å²) in [5.74, 6) is -0.211. The van der Waals surface area contributed by atoms with Crippen LogP contribution in [0.25, 0.3) is 0 Å². The predicted molar refractivity (Wildman–Crippen MR) is 104 cm³/mol. The van der Waals surface area contributed by atoms with Gasteiger partial charge in [0.1, 0.15) is 5.75 Å². The monoisotopic (exact) mass is 435 g/mol. The third kappa shape index (κ3) is 6.16. The number of alkyl halides is 1. The summed E-state index contributed by atoms with van der Waals surface area (Å²) in [5.41, 5.74) is 1.23. The maximum atomic E-state index is 12.1. The molecule has 1 amide bonds. The molecule has 2 rings (SSSR count). The molecule has 0 aliphatic heterocycles. The Morgan fingerprint density at radius 3 is 2.42 bits per heavy atom. The number of hydrogen-bond donors (Lipinski definition) is 1. The summed E-state index contributed by atoms with van der Waals surface area (Å²) in [6.07, 6.45) is 5.14. The van der Waals surface area contributed by atoms with Gasteiger partial charge in [-0.15, -0.1) is 0 Å². The fourth-order valence-corrected chi connectivity index (χ4v) is 2.36. The second-order valence-electron chi connectivity index (χ2n) is 5.00. The van der Waals surface area contributed by atoms with Gasteiger partial charge in [-0.05, 0) is 53.7 Å². The van der Waals surface area contributed by atoms with Crippen molar-refractivity contribution in [2.75, 3.05) is 9.74 Å². The number of halogens is 1. The van der Waals surface area contributed by atoms with Crippen LogP contribution in [0.5, 0.6) is 5.75 Å². The van der Waals surface area contributed by atoms with Crippen molar-refractivity contribution >= 4 is 40.2 Å². The van der Waals surface area contributed by atoms with Crippen LogP contribution in [0.15, 0.2) is 66.7 Å². The van der Waals surface area contributed by atoms with Crippen LogP contribution in [0.2, 0.25) is 0 Å². The van der Waals surface area contributed by atoms with Gasteiger partial charge >= 0.3 is 5.97 Å². The molecule has 5 heteroatoms. The molecule has 0 saturated heterocycles. The van der Waals surface area contributed by atoms with Crippen molar-refractivity contribution in [3.8, 4) is 5.75 Å². The van der Waals surface area contributed by atoms with E-state index in [9.17, 15) is 9.59 Å². The minimum Gasteiger partial charge on any atom is -0.423 e. The Hall–Kier alpha value is -2.15. The number of anilines is 1. The van der Waals surface area contributed by atoms with Gasteiger partial charge in [0.15, 0.2) is 0 Å². The van der Waals surface area contributed by atoms with Gasteiger partial charge in [-0.1, -0.05) is 46.9 Å². The maximum Gasteiger partial charge on any atom is 0.335 e. The summed E-state index contributed by atoms with van der Waals surface area (Å²) in [6.45, 7) is 0. The van der Waals surface area contributed by atoms with Crippen molar-refractivity contribution in [2.45, 2.75) is 12.8 Å². The van der Waals surface area contributed by atoms with Crippen LogP contribution >= 0.6 is 22.6 Å². The van der Waals surface area contributed by atoms with Gasteiger partial charge in [0.05, 0.1) is 0 Å². The fourth-order valence-electron chi connectivity index (χ4n) is 1.92. The van der Waals surface area contributed by atoms with E-state index in [0.29, 0.717) is 11.3 Å². The first-order valence-corrected chi connectivity index (χ1v) is 9.12. The molecular formula is C19H18INO3. The average molecular weight is 435 g/mol. The molecule has 0 saturated carbocycles. The smallest absolute Gasteiger partial charge is 0.335 e. The van der Waals surface area contributed by atoms with E-state index in [1.165, 1.54) is 6.08 Å². The van der Waals surface area contributed by atoms with E-state index in [2.05, 4.69) is 27.9 Å². The van der Waals surface area contributed by atoms with Crippen molar-refractivity contribution in [1.29, 1.82) is 0 Å². The third-order valence-corrected chi connectivity index (χ3v) is 3.89. The number of ether oxygens (including phenoxy) is 1. The molecule has 0 aliphatic rings. The molecule has 0 spiro atoms. The molecule has 4 nitrogen and oxygen atoms in total. The molecular weight excluding hydrogens is 417 g/mol. The van der Waals surface area contributed by atoms with Crippen molar-refractivity contribution in [3.63, 3.8) is 0 Å². The SMILES string of the molecule is O=C(C=CCCCI)Oc1ccc(C(=O)Nc2ccccc2)cc1. The summed E-state index contributed by atoms with van der Waals surface area (Å²) in [6, 6.07) is 15.7. The van der Waals surface area contributed by atoms with Crippen LogP contribution in [-0.2, 0) is 4.79 Å². The van der Waals surface area contributed by atoms with Crippen molar-refractivity contribution in [1.82, 2.24) is 0 Å². The van der Waals surface area contributed by atoms with Crippen LogP contribution in [0.3, 0.4) is 0 Å². The maximum absolute atomic E-state index is 12.1. The Balaban J connectivity index is 1.89. The molecule has 2 aromatic rings. The standard InChI is InChI=1S/C19H18INO3/c20-14-6-2-5-9-18(22)24-17-12-10-15(11-13-17)19(23)21-16-7-3-1-4-8-16/h1,3-5,7-13H,2,6,14H2,(H,21,23). The Morgan fingerprint density at radius 2 is 1.75 bits per heavy atom. The lowest BCUT2D eigenvalue weighted by Gasteiger charge is -2.06. The first-order chi connectivity index (χ1) is 11.7. The minimum absolute atomic E-state index is 0.210. The number of para-hydroxylation sites is 1. The van der Waals surface area contributed by atoms with Gasteiger partial charge < -0.3 is 10.1 Å². The fraction of sp³-hybridized carbons (Fsp3) is 0.158. The molecule has 124 valence electrons. The number of amides is 1. The zero-order valence-electron chi connectivity index (χ0n) is 13.1. The summed E-state index contributed by atoms with van der Waals surface area (Å²) >= 11 is 2.30. The molecule has 2 aromatic carbocycles. The lowest BCUT2D eigenvalue weighted by atomic mass is 10.2. The molecule has 0 radical (unpaired) electrons. The molecule has 0 aromatic heterocycles. The molecule has 0 atom stereocenters. The number of carbonyl (C=O) groups is 2. The molecule has 0 bridgehead atoms. The lowest BCUT2D eigenvalue weighted by Crippen LogP contribution is -2.11. The zero-order valence-corrected chi connectivity index (χ0v) is 15.2. The van der Waals surface area contributed by atoms with Crippen LogP contribution in [0, 0.1) is 0 Å². The second kappa shape index (κ2) is 9.87. The first kappa shape index (κ1) is 18.2. The van der Waals surface area contributed by atoms with E-state index in [-0.39, 0.29) is 5.91 Å². The van der Waals surface area contributed by atoms with E-state index < -0.39 is 5.97 Å². The van der Waals surface area contributed by atoms with Gasteiger partial charge in [-0.25, -0.2) is 4.79 Å². The topological polar surface area (TPSA) is 55.4 Å². The van der Waals surface area contributed by atoms with Crippen molar-refractivity contribution < 1.29 is 14.3 Å². The zero-order chi connectivity index (χ0) is 17.2. The van der Waals surface area contributed by atoms with Crippen LogP contribution in [-0.4, -0.2) is 16.3 Å². The first-order valence-electron chi connectivity index (χ1n) is 7.60. The third-order valence-electron chi connectivity index (χ3n) is 3.12. The van der Waals surface area contributed by atoms with E-state index in [1.807, 2.05) is 36.4 Å². The number of hydrogen-bond acceptors (Lipinski definition) is 3. The van der Waals surface area contributed by atoms with Crippen LogP contribution in [0.4, 0.5) is 5.69 Å². The van der Waals surface area contributed by atoms with E-state index >= 15 is 0 Å². The Labute approximate surface area is 155 Å². The number of unbranched alkanes of at least 4 members (excludes halogenated alkanes) is 1. The number of esters is 1. The molecule has 0 aliphatic carbocycles. The van der Waals surface area contributed by atoms with Gasteiger partial charge in [-0.2, -0.15) is 0 Å². The van der Waals surface area contributed by atoms with Gasteiger partial charge in [0, 0.05) is 17.3 Å². The van der Waals surface area contributed by atoms with Crippen molar-refractivity contribution in [2.24, 2.45) is 0 Å². The van der Waals surface area contributed by atoms with Crippen LogP contribution < -0.4 is 10.1 Å². The summed E-state index contributed by atoms with van der Waals surface area (Å²) in [5, 5.41) is 2.80. The number of benzene rings is 2. The number of nitrogens with one attached hydrogen (secondary N) is 1. The summed E-state index contributed by atoms with van der Waals surface area (Å²) in [4.78, 5) is 23.8. The highest BCUT2D eigenvalue weighted by atomic mass is 127. The molecule has 1 N–H and O–H groups in total. The molecule has 0 fully saturated rings. The predicted octanol–water partition coefficient (Wildman–Crippen LogP) is 4.62. The highest BCUT2D eigenvalue weighted by Gasteiger charge is 2.07. The summed E-state index contributed by atoms with van der Waals surface area (Å²) < 4.78 is 6.25. The normalized spacial score (nSPS) is 10.5. The Kier molecular flexibility index (Phi) is 7.48. The molecule has 0 unspecified atom stereocenters. The summed E-state index contributed by atoms with van der Waals surface area (Å²) in [7, 11) is 0. The Morgan fingerprint density at radius 1 is 1.04 bits per heavy atom. The van der Waals surface area contributed by atoms with Gasteiger partial charge in [-0.3, -0.25) is 4.79 Å². The second-order valence-corrected chi connectivity index (χ2v) is 6.08. The number of allylic oxidation sites excluding steroid dienone is 1. The Bertz CT molecular complexity index is 696. The van der Waals surface area contributed by atoms with E-state index in [0.717, 1.165) is 23.0 Å². The van der Waals surface area contributed by atoms with Crippen LogP contribution in [0.1, 0.15) is 23.2 Å². The van der Waals surface area contributed by atoms with E-state index in [1.54, 1.807) is 24.3 Å². The highest BCUT2D eigenvalue weighted by molar-refractivity contribution is 14.1. The largest absolute Gasteiger partial charge is 0.423 e. The average Bonchev–Trinajstić information content (AvgIpc) is 2.60. The van der Waals surface area contributed by atoms with Gasteiger partial charge in [0.2, 0.25) is 0 Å². The highest BCUT2D eigenvalue weighted by Crippen LogP contribution is 2.14. The quantitative estimate of drug-likeness (QED) is 0.173. The van der Waals surface area contributed by atoms with Crippen molar-refractivity contribution in [3.05, 3.63) is 72.3 Å².